The Hall–Kier alpha value is -3.07. The van der Waals surface area contributed by atoms with Gasteiger partial charge >= 0.3 is 0 Å². The van der Waals surface area contributed by atoms with Gasteiger partial charge in [0.15, 0.2) is 5.09 Å². The van der Waals surface area contributed by atoms with Gasteiger partial charge in [0.1, 0.15) is 23.2 Å². The third-order valence-corrected chi connectivity index (χ3v) is 5.94. The monoisotopic (exact) mass is 443 g/mol. The molecule has 1 saturated heterocycles. The standard InChI is InChI=1S/C19H17N5O4S2/c20-11-13(10-14-3-4-16(28-14)29-12-15-2-1-7-27-15)17(25)21-18-22-23-19(30-18)24-5-8-26-9-6-24/h1-4,7,10H,5-6,8-9,12H2,(H,21,22,25)/b13-10-. The summed E-state index contributed by atoms with van der Waals surface area (Å²) in [6, 6.07) is 9.10. The van der Waals surface area contributed by atoms with Gasteiger partial charge in [-0.2, -0.15) is 5.26 Å². The molecule has 1 aliphatic heterocycles. The molecule has 0 unspecified atom stereocenters. The Labute approximate surface area is 180 Å². The fraction of sp³-hybridized carbons (Fsp3) is 0.263. The summed E-state index contributed by atoms with van der Waals surface area (Å²) in [5.74, 6) is 1.30. The molecule has 3 aromatic rings. The third-order valence-electron chi connectivity index (χ3n) is 4.11. The van der Waals surface area contributed by atoms with Gasteiger partial charge in [0, 0.05) is 19.2 Å². The number of nitriles is 1. The van der Waals surface area contributed by atoms with Crippen LogP contribution < -0.4 is 10.2 Å². The highest BCUT2D eigenvalue weighted by Crippen LogP contribution is 2.27. The van der Waals surface area contributed by atoms with Crippen LogP contribution in [0.3, 0.4) is 0 Å². The number of ether oxygens (including phenoxy) is 1. The van der Waals surface area contributed by atoms with Crippen molar-refractivity contribution >= 4 is 45.3 Å². The Balaban J connectivity index is 1.37. The lowest BCUT2D eigenvalue weighted by atomic mass is 10.2. The molecule has 3 aromatic heterocycles. The van der Waals surface area contributed by atoms with E-state index in [0.717, 1.165) is 18.8 Å². The summed E-state index contributed by atoms with van der Waals surface area (Å²) in [7, 11) is 0. The minimum atomic E-state index is -0.566. The number of amides is 1. The van der Waals surface area contributed by atoms with Gasteiger partial charge in [-0.15, -0.1) is 10.2 Å². The van der Waals surface area contributed by atoms with Crippen LogP contribution in [0.4, 0.5) is 10.3 Å². The largest absolute Gasteiger partial charge is 0.468 e. The molecular weight excluding hydrogens is 426 g/mol. The predicted octanol–water partition coefficient (Wildman–Crippen LogP) is 3.40. The van der Waals surface area contributed by atoms with E-state index in [-0.39, 0.29) is 5.57 Å². The van der Waals surface area contributed by atoms with Crippen LogP contribution in [-0.4, -0.2) is 42.4 Å². The molecule has 0 aromatic carbocycles. The zero-order chi connectivity index (χ0) is 20.8. The number of thioether (sulfide) groups is 1. The molecule has 0 saturated carbocycles. The maximum atomic E-state index is 12.5. The van der Waals surface area contributed by atoms with Gasteiger partial charge in [0.05, 0.1) is 25.2 Å². The maximum Gasteiger partial charge on any atom is 0.268 e. The highest BCUT2D eigenvalue weighted by molar-refractivity contribution is 7.98. The summed E-state index contributed by atoms with van der Waals surface area (Å²) in [4.78, 5) is 14.5. The fourth-order valence-corrected chi connectivity index (χ4v) is 4.19. The second-order valence-corrected chi connectivity index (χ2v) is 8.07. The number of aromatic nitrogens is 2. The molecule has 1 N–H and O–H groups in total. The van der Waals surface area contributed by atoms with Crippen LogP contribution in [0.2, 0.25) is 0 Å². The van der Waals surface area contributed by atoms with Crippen LogP contribution in [0, 0.1) is 11.3 Å². The topological polar surface area (TPSA) is 117 Å². The molecule has 1 aliphatic rings. The molecular formula is C19H17N5O4S2. The first-order chi connectivity index (χ1) is 14.7. The van der Waals surface area contributed by atoms with Crippen molar-refractivity contribution in [1.82, 2.24) is 10.2 Å². The maximum absolute atomic E-state index is 12.5. The van der Waals surface area contributed by atoms with Crippen molar-refractivity contribution in [2.24, 2.45) is 0 Å². The molecule has 0 spiro atoms. The van der Waals surface area contributed by atoms with Crippen molar-refractivity contribution in [3.8, 4) is 6.07 Å². The van der Waals surface area contributed by atoms with Crippen LogP contribution in [0.5, 0.6) is 0 Å². The van der Waals surface area contributed by atoms with Gasteiger partial charge in [0.25, 0.3) is 5.91 Å². The molecule has 9 nitrogen and oxygen atoms in total. The Morgan fingerprint density at radius 2 is 2.20 bits per heavy atom. The summed E-state index contributed by atoms with van der Waals surface area (Å²) in [5, 5.41) is 21.8. The first-order valence-corrected chi connectivity index (χ1v) is 10.9. The Morgan fingerprint density at radius 3 is 2.97 bits per heavy atom. The molecule has 11 heteroatoms. The van der Waals surface area contributed by atoms with Crippen molar-refractivity contribution < 1.29 is 18.4 Å². The van der Waals surface area contributed by atoms with Crippen LogP contribution in [0.15, 0.2) is 50.0 Å². The SMILES string of the molecule is N#C/C(=C/c1ccc(SCc2ccco2)o1)C(=O)Nc1nnc(N2CCOCC2)s1. The predicted molar refractivity (Wildman–Crippen MR) is 112 cm³/mol. The second kappa shape index (κ2) is 9.62. The first kappa shape index (κ1) is 20.2. The molecule has 4 rings (SSSR count). The van der Waals surface area contributed by atoms with E-state index in [2.05, 4.69) is 15.5 Å². The molecule has 30 heavy (non-hydrogen) atoms. The number of furan rings is 2. The van der Waals surface area contributed by atoms with Gasteiger partial charge in [-0.1, -0.05) is 23.1 Å². The number of carbonyl (C=O) groups is 1. The number of hydrogen-bond acceptors (Lipinski definition) is 10. The Morgan fingerprint density at radius 1 is 1.33 bits per heavy atom. The molecule has 1 fully saturated rings. The van der Waals surface area contributed by atoms with E-state index in [0.29, 0.717) is 40.1 Å². The summed E-state index contributed by atoms with van der Waals surface area (Å²) in [5.41, 5.74) is -0.0879. The quantitative estimate of drug-likeness (QED) is 0.333. The van der Waals surface area contributed by atoms with Crippen LogP contribution in [0.25, 0.3) is 6.08 Å². The second-order valence-electron chi connectivity index (χ2n) is 6.14. The lowest BCUT2D eigenvalue weighted by Crippen LogP contribution is -2.36. The summed E-state index contributed by atoms with van der Waals surface area (Å²) < 4.78 is 16.3. The van der Waals surface area contributed by atoms with E-state index in [4.69, 9.17) is 13.6 Å². The third kappa shape index (κ3) is 5.10. The molecule has 1 amide bonds. The lowest BCUT2D eigenvalue weighted by molar-refractivity contribution is -0.112. The molecule has 4 heterocycles. The van der Waals surface area contributed by atoms with E-state index in [9.17, 15) is 10.1 Å². The minimum absolute atomic E-state index is 0.0879. The Bertz CT molecular complexity index is 1060. The number of anilines is 2. The van der Waals surface area contributed by atoms with Crippen molar-refractivity contribution in [3.05, 3.63) is 47.6 Å². The number of nitrogens with zero attached hydrogens (tertiary/aromatic N) is 4. The van der Waals surface area contributed by atoms with Crippen molar-refractivity contribution in [1.29, 1.82) is 5.26 Å². The number of hydrogen-bond donors (Lipinski definition) is 1. The average molecular weight is 444 g/mol. The molecule has 154 valence electrons. The Kier molecular flexibility index (Phi) is 6.48. The van der Waals surface area contributed by atoms with Gasteiger partial charge in [-0.05, 0) is 24.3 Å². The van der Waals surface area contributed by atoms with Gasteiger partial charge in [0.2, 0.25) is 10.3 Å². The molecule has 0 aliphatic carbocycles. The zero-order valence-corrected chi connectivity index (χ0v) is 17.4. The van der Waals surface area contributed by atoms with Gasteiger partial charge < -0.3 is 18.5 Å². The number of rotatable bonds is 7. The highest BCUT2D eigenvalue weighted by Gasteiger charge is 2.18. The van der Waals surface area contributed by atoms with Gasteiger partial charge in [-0.3, -0.25) is 10.1 Å². The van der Waals surface area contributed by atoms with Crippen molar-refractivity contribution in [2.45, 2.75) is 10.8 Å². The molecule has 0 bridgehead atoms. The first-order valence-electron chi connectivity index (χ1n) is 9.05. The number of carbonyl (C=O) groups excluding carboxylic acids is 1. The normalized spacial score (nSPS) is 14.5. The molecule has 0 atom stereocenters. The average Bonchev–Trinajstić information content (AvgIpc) is 3.53. The highest BCUT2D eigenvalue weighted by atomic mass is 32.2. The fourth-order valence-electron chi connectivity index (χ4n) is 2.63. The summed E-state index contributed by atoms with van der Waals surface area (Å²) in [6.45, 7) is 2.72. The van der Waals surface area contributed by atoms with E-state index in [1.807, 2.05) is 23.1 Å². The van der Waals surface area contributed by atoms with Crippen molar-refractivity contribution in [3.63, 3.8) is 0 Å². The van der Waals surface area contributed by atoms with E-state index < -0.39 is 5.91 Å². The number of nitrogens with one attached hydrogen (secondary N) is 1. The zero-order valence-electron chi connectivity index (χ0n) is 15.7. The van der Waals surface area contributed by atoms with E-state index in [1.165, 1.54) is 29.2 Å². The van der Waals surface area contributed by atoms with E-state index in [1.54, 1.807) is 18.4 Å². The molecule has 0 radical (unpaired) electrons. The smallest absolute Gasteiger partial charge is 0.268 e. The summed E-state index contributed by atoms with van der Waals surface area (Å²) in [6.07, 6.45) is 3.02. The van der Waals surface area contributed by atoms with Crippen LogP contribution in [0.1, 0.15) is 11.5 Å². The van der Waals surface area contributed by atoms with Crippen LogP contribution in [-0.2, 0) is 15.3 Å². The summed E-state index contributed by atoms with van der Waals surface area (Å²) >= 11 is 2.71. The minimum Gasteiger partial charge on any atom is -0.468 e. The van der Waals surface area contributed by atoms with Gasteiger partial charge in [-0.25, -0.2) is 0 Å². The van der Waals surface area contributed by atoms with E-state index >= 15 is 0 Å². The van der Waals surface area contributed by atoms with Crippen molar-refractivity contribution in [2.75, 3.05) is 36.5 Å². The number of morpholine rings is 1. The van der Waals surface area contributed by atoms with Crippen LogP contribution >= 0.6 is 23.1 Å². The lowest BCUT2D eigenvalue weighted by Gasteiger charge is -2.25.